The Morgan fingerprint density at radius 2 is 1.26 bits per heavy atom. The van der Waals surface area contributed by atoms with Gasteiger partial charge in [-0.25, -0.2) is 0 Å². The number of amidine groups is 1. The van der Waals surface area contributed by atoms with Crippen LogP contribution in [0, 0.1) is 0 Å². The number of likely N-dealkylation sites (N-methyl/N-ethyl adjacent to an activating group) is 1. The van der Waals surface area contributed by atoms with Crippen LogP contribution in [0.5, 0.6) is 0 Å². The van der Waals surface area contributed by atoms with Gasteiger partial charge >= 0.3 is 0 Å². The van der Waals surface area contributed by atoms with Gasteiger partial charge in [-0.15, -0.1) is 4.40 Å². The highest BCUT2D eigenvalue weighted by atomic mass is 32.2. The predicted octanol–water partition coefficient (Wildman–Crippen LogP) is 4.15. The number of hydrogen-bond donors (Lipinski definition) is 0. The van der Waals surface area contributed by atoms with E-state index in [9.17, 15) is 8.42 Å². The van der Waals surface area contributed by atoms with Gasteiger partial charge < -0.3 is 4.90 Å². The second kappa shape index (κ2) is 8.64. The lowest BCUT2D eigenvalue weighted by Crippen LogP contribution is -2.29. The maximum absolute atomic E-state index is 12.8. The summed E-state index contributed by atoms with van der Waals surface area (Å²) < 4.78 is 29.7. The molecule has 0 atom stereocenters. The van der Waals surface area contributed by atoms with E-state index in [0.717, 1.165) is 11.1 Å². The minimum Gasteiger partial charge on any atom is -0.358 e. The van der Waals surface area contributed by atoms with Crippen LogP contribution in [0.2, 0.25) is 0 Å². The first-order valence-electron chi connectivity index (χ1n) is 8.72. The van der Waals surface area contributed by atoms with E-state index < -0.39 is 10.0 Å². The van der Waals surface area contributed by atoms with Gasteiger partial charge in [0.05, 0.1) is 4.90 Å². The lowest BCUT2D eigenvalue weighted by atomic mass is 10.1. The molecule has 0 unspecified atom stereocenters. The summed E-state index contributed by atoms with van der Waals surface area (Å²) in [5, 5.41) is 0. The van der Waals surface area contributed by atoms with E-state index in [2.05, 4.69) is 4.40 Å². The van der Waals surface area contributed by atoms with Gasteiger partial charge in [0, 0.05) is 20.0 Å². The lowest BCUT2D eigenvalue weighted by Gasteiger charge is -2.21. The molecule has 0 N–H and O–H groups in total. The Bertz CT molecular complexity index is 986. The summed E-state index contributed by atoms with van der Waals surface area (Å²) in [5.41, 5.74) is 2.11. The molecule has 3 rings (SSSR count). The summed E-state index contributed by atoms with van der Waals surface area (Å²) in [6.45, 7) is 0.580. The zero-order valence-corrected chi connectivity index (χ0v) is 16.0. The van der Waals surface area contributed by atoms with Crippen molar-refractivity contribution in [3.8, 4) is 0 Å². The zero-order chi connectivity index (χ0) is 19.1. The maximum Gasteiger partial charge on any atom is 0.283 e. The molecule has 0 aliphatic rings. The summed E-state index contributed by atoms with van der Waals surface area (Å²) >= 11 is 0. The van der Waals surface area contributed by atoms with Crippen LogP contribution in [0.15, 0.2) is 100 Å². The third-order valence-electron chi connectivity index (χ3n) is 4.17. The molecule has 0 aliphatic carbocycles. The first-order valence-corrected chi connectivity index (χ1v) is 10.2. The quantitative estimate of drug-likeness (QED) is 0.478. The van der Waals surface area contributed by atoms with Crippen molar-refractivity contribution in [1.82, 2.24) is 4.90 Å². The van der Waals surface area contributed by atoms with Crippen molar-refractivity contribution >= 4 is 15.9 Å². The summed E-state index contributed by atoms with van der Waals surface area (Å²) in [6.07, 6.45) is 0.441. The molecular weight excluding hydrogens is 356 g/mol. The summed E-state index contributed by atoms with van der Waals surface area (Å²) in [6, 6.07) is 28.0. The Balaban J connectivity index is 1.94. The largest absolute Gasteiger partial charge is 0.358 e. The highest BCUT2D eigenvalue weighted by Gasteiger charge is 2.17. The van der Waals surface area contributed by atoms with Crippen LogP contribution >= 0.6 is 0 Å². The summed E-state index contributed by atoms with van der Waals surface area (Å²) in [7, 11) is -1.90. The topological polar surface area (TPSA) is 49.7 Å². The molecule has 27 heavy (non-hydrogen) atoms. The van der Waals surface area contributed by atoms with Crippen LogP contribution in [0.3, 0.4) is 0 Å². The number of rotatable bonds is 6. The van der Waals surface area contributed by atoms with Crippen molar-refractivity contribution in [3.05, 3.63) is 102 Å². The molecule has 0 amide bonds. The van der Waals surface area contributed by atoms with Crippen LogP contribution in [0.1, 0.15) is 11.1 Å². The molecule has 4 nitrogen and oxygen atoms in total. The van der Waals surface area contributed by atoms with Crippen molar-refractivity contribution in [2.75, 3.05) is 7.05 Å². The van der Waals surface area contributed by atoms with E-state index in [0.29, 0.717) is 18.8 Å². The Kier molecular flexibility index (Phi) is 6.04. The van der Waals surface area contributed by atoms with Crippen LogP contribution in [-0.2, 0) is 23.0 Å². The number of hydrogen-bond acceptors (Lipinski definition) is 2. The van der Waals surface area contributed by atoms with Crippen molar-refractivity contribution < 1.29 is 8.42 Å². The molecule has 0 fully saturated rings. The molecule has 0 aliphatic heterocycles. The molecule has 0 bridgehead atoms. The Morgan fingerprint density at radius 3 is 1.81 bits per heavy atom. The molecule has 138 valence electrons. The lowest BCUT2D eigenvalue weighted by molar-refractivity contribution is 0.492. The van der Waals surface area contributed by atoms with Gasteiger partial charge in [-0.3, -0.25) is 0 Å². The Labute approximate surface area is 160 Å². The van der Waals surface area contributed by atoms with Gasteiger partial charge in [0.25, 0.3) is 10.0 Å². The molecule has 5 heteroatoms. The van der Waals surface area contributed by atoms with Crippen molar-refractivity contribution in [1.29, 1.82) is 0 Å². The molecule has 0 radical (unpaired) electrons. The fourth-order valence-electron chi connectivity index (χ4n) is 2.75. The highest BCUT2D eigenvalue weighted by Crippen LogP contribution is 2.15. The van der Waals surface area contributed by atoms with Crippen molar-refractivity contribution in [3.63, 3.8) is 0 Å². The SMILES string of the molecule is CN(Cc1ccccc1)C(Cc1ccccc1)=NS(=O)(=O)c1ccccc1. The summed E-state index contributed by atoms with van der Waals surface area (Å²) in [4.78, 5) is 2.09. The maximum atomic E-state index is 12.8. The van der Waals surface area contributed by atoms with Gasteiger partial charge in [0.15, 0.2) is 0 Å². The minimum absolute atomic E-state index is 0.198. The highest BCUT2D eigenvalue weighted by molar-refractivity contribution is 7.90. The first kappa shape index (κ1) is 18.9. The van der Waals surface area contributed by atoms with Gasteiger partial charge in [-0.05, 0) is 23.3 Å². The molecule has 0 spiro atoms. The monoisotopic (exact) mass is 378 g/mol. The minimum atomic E-state index is -3.77. The molecule has 0 heterocycles. The van der Waals surface area contributed by atoms with Gasteiger partial charge in [0.2, 0.25) is 0 Å². The van der Waals surface area contributed by atoms with Crippen molar-refractivity contribution in [2.45, 2.75) is 17.9 Å². The summed E-state index contributed by atoms with van der Waals surface area (Å²) in [5.74, 6) is 0.508. The fraction of sp³-hybridized carbons (Fsp3) is 0.136. The van der Waals surface area contributed by atoms with E-state index in [1.807, 2.05) is 72.6 Å². The standard InChI is InChI=1S/C22H22N2O2S/c1-24(18-20-13-7-3-8-14-20)22(17-19-11-5-2-6-12-19)23-27(25,26)21-15-9-4-10-16-21/h2-16H,17-18H2,1H3. The second-order valence-electron chi connectivity index (χ2n) is 6.30. The predicted molar refractivity (Wildman–Crippen MR) is 109 cm³/mol. The molecule has 3 aromatic carbocycles. The van der Waals surface area contributed by atoms with Crippen molar-refractivity contribution in [2.24, 2.45) is 4.40 Å². The van der Waals surface area contributed by atoms with Crippen LogP contribution in [-0.4, -0.2) is 26.2 Å². The van der Waals surface area contributed by atoms with Gasteiger partial charge in [0.1, 0.15) is 5.84 Å². The average Bonchev–Trinajstić information content (AvgIpc) is 2.69. The fourth-order valence-corrected chi connectivity index (χ4v) is 3.84. The van der Waals surface area contributed by atoms with Crippen LogP contribution < -0.4 is 0 Å². The molecule has 0 aromatic heterocycles. The van der Waals surface area contributed by atoms with Crippen LogP contribution in [0.25, 0.3) is 0 Å². The molecule has 0 saturated carbocycles. The number of nitrogens with zero attached hydrogens (tertiary/aromatic N) is 2. The van der Waals surface area contributed by atoms with E-state index in [1.165, 1.54) is 0 Å². The number of benzene rings is 3. The smallest absolute Gasteiger partial charge is 0.283 e. The third kappa shape index (κ3) is 5.28. The normalized spacial score (nSPS) is 12.0. The Morgan fingerprint density at radius 1 is 0.778 bits per heavy atom. The van der Waals surface area contributed by atoms with E-state index in [4.69, 9.17) is 0 Å². The molecule has 3 aromatic rings. The second-order valence-corrected chi connectivity index (χ2v) is 7.90. The van der Waals surface area contributed by atoms with E-state index in [1.54, 1.807) is 30.3 Å². The van der Waals surface area contributed by atoms with Gasteiger partial charge in [-0.1, -0.05) is 78.9 Å². The first-order chi connectivity index (χ1) is 13.0. The Hall–Kier alpha value is -2.92. The van der Waals surface area contributed by atoms with E-state index in [-0.39, 0.29) is 4.90 Å². The third-order valence-corrected chi connectivity index (χ3v) is 5.49. The average molecular weight is 378 g/mol. The van der Waals surface area contributed by atoms with Crippen LogP contribution in [0.4, 0.5) is 0 Å². The molecule has 0 saturated heterocycles. The molecular formula is C22H22N2O2S. The zero-order valence-electron chi connectivity index (χ0n) is 15.2. The van der Waals surface area contributed by atoms with E-state index >= 15 is 0 Å². The number of sulfonamides is 1. The van der Waals surface area contributed by atoms with Gasteiger partial charge in [-0.2, -0.15) is 8.42 Å².